The molecule has 1 aliphatic rings. The average molecular weight is 399 g/mol. The molecule has 1 heterocycles. The van der Waals surface area contributed by atoms with E-state index in [0.717, 1.165) is 6.42 Å². The second kappa shape index (κ2) is 6.04. The summed E-state index contributed by atoms with van der Waals surface area (Å²) in [5, 5.41) is 5.57. The van der Waals surface area contributed by atoms with Crippen molar-refractivity contribution in [2.45, 2.75) is 6.42 Å². The molecule has 0 unspecified atom stereocenters. The van der Waals surface area contributed by atoms with Gasteiger partial charge in [0.1, 0.15) is 0 Å². The van der Waals surface area contributed by atoms with Gasteiger partial charge < -0.3 is 0 Å². The number of thiophene rings is 1. The summed E-state index contributed by atoms with van der Waals surface area (Å²) < 4.78 is 2.83. The standard InChI is InChI=1S/C29H18S/c1-2-8-18(9-3-1)19-14-15-26-24(16-19)28-23-13-7-6-12-22(23)27-21-11-5-4-10-20(21)17-25(27)29(28)30-26/h1-16H,17H2. The summed E-state index contributed by atoms with van der Waals surface area (Å²) >= 11 is 1.96. The van der Waals surface area contributed by atoms with Gasteiger partial charge in [0.15, 0.2) is 0 Å². The SMILES string of the molecule is c1ccc(-c2ccc3sc4c5c(c6ccccc6c4c3c2)-c2ccccc2C5)cc1. The van der Waals surface area contributed by atoms with Crippen molar-refractivity contribution in [2.75, 3.05) is 0 Å². The molecule has 140 valence electrons. The summed E-state index contributed by atoms with van der Waals surface area (Å²) in [5.74, 6) is 0. The predicted octanol–water partition coefficient (Wildman–Crippen LogP) is 8.45. The topological polar surface area (TPSA) is 0 Å². The molecule has 0 N–H and O–H groups in total. The highest BCUT2D eigenvalue weighted by Crippen LogP contribution is 2.50. The van der Waals surface area contributed by atoms with Gasteiger partial charge in [-0.1, -0.05) is 84.9 Å². The minimum atomic E-state index is 1.03. The van der Waals surface area contributed by atoms with Crippen LogP contribution in [-0.4, -0.2) is 0 Å². The van der Waals surface area contributed by atoms with E-state index in [2.05, 4.69) is 97.1 Å². The fraction of sp³-hybridized carbons (Fsp3) is 0.0345. The lowest BCUT2D eigenvalue weighted by Gasteiger charge is -2.10. The smallest absolute Gasteiger partial charge is 0.0403 e. The van der Waals surface area contributed by atoms with E-state index in [1.165, 1.54) is 64.3 Å². The second-order valence-electron chi connectivity index (χ2n) is 8.12. The molecule has 30 heavy (non-hydrogen) atoms. The van der Waals surface area contributed by atoms with Crippen molar-refractivity contribution < 1.29 is 0 Å². The molecule has 0 amide bonds. The molecule has 5 aromatic carbocycles. The quantitative estimate of drug-likeness (QED) is 0.260. The lowest BCUT2D eigenvalue weighted by Crippen LogP contribution is -1.85. The Kier molecular flexibility index (Phi) is 3.30. The van der Waals surface area contributed by atoms with Gasteiger partial charge in [-0.2, -0.15) is 0 Å². The fourth-order valence-electron chi connectivity index (χ4n) is 5.17. The van der Waals surface area contributed by atoms with Crippen LogP contribution in [0, 0.1) is 0 Å². The first-order valence-corrected chi connectivity index (χ1v) is 11.2. The summed E-state index contributed by atoms with van der Waals surface area (Å²) in [6, 6.07) is 35.6. The van der Waals surface area contributed by atoms with Crippen molar-refractivity contribution in [1.29, 1.82) is 0 Å². The number of rotatable bonds is 1. The molecule has 0 radical (unpaired) electrons. The first-order chi connectivity index (χ1) is 14.9. The van der Waals surface area contributed by atoms with Gasteiger partial charge in [-0.05, 0) is 56.3 Å². The van der Waals surface area contributed by atoms with Crippen LogP contribution >= 0.6 is 11.3 Å². The van der Waals surface area contributed by atoms with E-state index in [1.807, 2.05) is 11.3 Å². The van der Waals surface area contributed by atoms with Crippen LogP contribution in [0.25, 0.3) is 53.2 Å². The van der Waals surface area contributed by atoms with E-state index < -0.39 is 0 Å². The van der Waals surface area contributed by atoms with Gasteiger partial charge in [0.05, 0.1) is 0 Å². The lowest BCUT2D eigenvalue weighted by molar-refractivity contribution is 1.29. The minimum Gasteiger partial charge on any atom is -0.135 e. The highest BCUT2D eigenvalue weighted by atomic mass is 32.1. The van der Waals surface area contributed by atoms with Gasteiger partial charge in [0.25, 0.3) is 0 Å². The molecule has 0 spiro atoms. The number of hydrogen-bond acceptors (Lipinski definition) is 1. The largest absolute Gasteiger partial charge is 0.135 e. The Morgan fingerprint density at radius 3 is 2.27 bits per heavy atom. The van der Waals surface area contributed by atoms with Crippen molar-refractivity contribution in [2.24, 2.45) is 0 Å². The monoisotopic (exact) mass is 398 g/mol. The lowest BCUT2D eigenvalue weighted by atomic mass is 9.93. The van der Waals surface area contributed by atoms with E-state index in [0.29, 0.717) is 0 Å². The molecular weight excluding hydrogens is 380 g/mol. The van der Waals surface area contributed by atoms with Crippen LogP contribution < -0.4 is 0 Å². The zero-order valence-electron chi connectivity index (χ0n) is 16.4. The van der Waals surface area contributed by atoms with Crippen LogP contribution in [0.4, 0.5) is 0 Å². The van der Waals surface area contributed by atoms with Crippen molar-refractivity contribution in [1.82, 2.24) is 0 Å². The summed E-state index contributed by atoms with van der Waals surface area (Å²) in [6.07, 6.45) is 1.03. The third-order valence-corrected chi connectivity index (χ3v) is 7.72. The van der Waals surface area contributed by atoms with Gasteiger partial charge in [0.2, 0.25) is 0 Å². The van der Waals surface area contributed by atoms with E-state index in [1.54, 1.807) is 0 Å². The maximum absolute atomic E-state index is 2.39. The Morgan fingerprint density at radius 1 is 0.600 bits per heavy atom. The molecular formula is C29H18S. The normalized spacial score (nSPS) is 12.5. The van der Waals surface area contributed by atoms with E-state index in [9.17, 15) is 0 Å². The number of hydrogen-bond donors (Lipinski definition) is 0. The Morgan fingerprint density at radius 2 is 1.37 bits per heavy atom. The van der Waals surface area contributed by atoms with Crippen LogP contribution in [0.5, 0.6) is 0 Å². The first-order valence-electron chi connectivity index (χ1n) is 10.4. The molecule has 1 aliphatic carbocycles. The summed E-state index contributed by atoms with van der Waals surface area (Å²) in [4.78, 5) is 0. The molecule has 0 atom stereocenters. The van der Waals surface area contributed by atoms with Gasteiger partial charge in [-0.15, -0.1) is 11.3 Å². The molecule has 7 rings (SSSR count). The molecule has 1 heteroatoms. The Balaban J connectivity index is 1.64. The second-order valence-corrected chi connectivity index (χ2v) is 9.17. The van der Waals surface area contributed by atoms with E-state index in [4.69, 9.17) is 0 Å². The molecule has 0 saturated carbocycles. The molecule has 0 saturated heterocycles. The highest BCUT2D eigenvalue weighted by molar-refractivity contribution is 7.26. The third-order valence-electron chi connectivity index (χ3n) is 6.49. The van der Waals surface area contributed by atoms with Crippen molar-refractivity contribution in [3.05, 3.63) is 108 Å². The van der Waals surface area contributed by atoms with Crippen LogP contribution in [-0.2, 0) is 6.42 Å². The Bertz CT molecular complexity index is 1600. The molecule has 0 nitrogen and oxygen atoms in total. The predicted molar refractivity (Wildman–Crippen MR) is 131 cm³/mol. The minimum absolute atomic E-state index is 1.03. The third kappa shape index (κ3) is 2.16. The summed E-state index contributed by atoms with van der Waals surface area (Å²) in [6.45, 7) is 0. The van der Waals surface area contributed by atoms with Crippen LogP contribution in [0.2, 0.25) is 0 Å². The Hall–Kier alpha value is -3.42. The Labute approximate surface area is 179 Å². The van der Waals surface area contributed by atoms with E-state index in [-0.39, 0.29) is 0 Å². The summed E-state index contributed by atoms with van der Waals surface area (Å²) in [7, 11) is 0. The van der Waals surface area contributed by atoms with Crippen molar-refractivity contribution in [3.8, 4) is 22.3 Å². The average Bonchev–Trinajstić information content (AvgIpc) is 3.38. The van der Waals surface area contributed by atoms with Crippen molar-refractivity contribution >= 4 is 42.3 Å². The molecule has 1 aromatic heterocycles. The molecule has 0 aliphatic heterocycles. The summed E-state index contributed by atoms with van der Waals surface area (Å²) in [5.41, 5.74) is 8.38. The van der Waals surface area contributed by atoms with Crippen molar-refractivity contribution in [3.63, 3.8) is 0 Å². The number of fused-ring (bicyclic) bond motifs is 10. The van der Waals surface area contributed by atoms with Crippen LogP contribution in [0.3, 0.4) is 0 Å². The van der Waals surface area contributed by atoms with Gasteiger partial charge in [-0.25, -0.2) is 0 Å². The highest BCUT2D eigenvalue weighted by Gasteiger charge is 2.25. The number of benzene rings is 5. The van der Waals surface area contributed by atoms with Crippen LogP contribution in [0.15, 0.2) is 97.1 Å². The van der Waals surface area contributed by atoms with Gasteiger partial charge in [0, 0.05) is 26.6 Å². The van der Waals surface area contributed by atoms with E-state index >= 15 is 0 Å². The van der Waals surface area contributed by atoms with Gasteiger partial charge in [-0.3, -0.25) is 0 Å². The van der Waals surface area contributed by atoms with Crippen LogP contribution in [0.1, 0.15) is 11.1 Å². The first kappa shape index (κ1) is 16.4. The molecule has 0 bridgehead atoms. The molecule has 6 aromatic rings. The molecule has 0 fully saturated rings. The fourth-order valence-corrected chi connectivity index (χ4v) is 6.41. The maximum atomic E-state index is 2.39. The van der Waals surface area contributed by atoms with Gasteiger partial charge >= 0.3 is 0 Å². The zero-order chi connectivity index (χ0) is 19.7. The zero-order valence-corrected chi connectivity index (χ0v) is 17.2. The maximum Gasteiger partial charge on any atom is 0.0403 e.